The van der Waals surface area contributed by atoms with Gasteiger partial charge in [0.1, 0.15) is 0 Å². The van der Waals surface area contributed by atoms with Crippen LogP contribution in [0.4, 0.5) is 5.95 Å². The van der Waals surface area contributed by atoms with Gasteiger partial charge in [-0.05, 0) is 6.42 Å². The van der Waals surface area contributed by atoms with Gasteiger partial charge in [-0.15, -0.1) is 0 Å². The van der Waals surface area contributed by atoms with Crippen LogP contribution in [-0.4, -0.2) is 21.7 Å². The zero-order chi connectivity index (χ0) is 8.81. The lowest BCUT2D eigenvalue weighted by molar-refractivity contribution is 0.303. The fourth-order valence-electron chi connectivity index (χ4n) is 0.728. The van der Waals surface area contributed by atoms with Crippen molar-refractivity contribution < 1.29 is 5.11 Å². The van der Waals surface area contributed by atoms with Gasteiger partial charge >= 0.3 is 0 Å². The second-order valence-corrected chi connectivity index (χ2v) is 2.29. The van der Waals surface area contributed by atoms with Crippen LogP contribution in [0.3, 0.4) is 0 Å². The Hall–Kier alpha value is -1.42. The zero-order valence-corrected chi connectivity index (χ0v) is 6.64. The first kappa shape index (κ1) is 8.67. The summed E-state index contributed by atoms with van der Waals surface area (Å²) in [6.45, 7) is 0.159. The van der Waals surface area contributed by atoms with E-state index < -0.39 is 0 Å². The molecule has 1 heterocycles. The van der Waals surface area contributed by atoms with E-state index >= 15 is 0 Å². The lowest BCUT2D eigenvalue weighted by Gasteiger charge is -1.92. The number of aromatic nitrogens is 2. The summed E-state index contributed by atoms with van der Waals surface area (Å²) in [6, 6.07) is 0. The minimum atomic E-state index is 0.159. The number of hydrogen-bond acceptors (Lipinski definition) is 4. The molecule has 3 N–H and O–H groups in total. The average Bonchev–Trinajstić information content (AvgIpc) is 2.09. The lowest BCUT2D eigenvalue weighted by Crippen LogP contribution is -1.93. The van der Waals surface area contributed by atoms with Crippen molar-refractivity contribution in [1.29, 1.82) is 0 Å². The van der Waals surface area contributed by atoms with Crippen molar-refractivity contribution in [2.75, 3.05) is 12.3 Å². The highest BCUT2D eigenvalue weighted by atomic mass is 16.2. The second-order valence-electron chi connectivity index (χ2n) is 2.29. The number of hydrogen-bond donors (Lipinski definition) is 2. The van der Waals surface area contributed by atoms with Crippen molar-refractivity contribution in [3.05, 3.63) is 24.0 Å². The Labute approximate surface area is 70.8 Å². The van der Waals surface area contributed by atoms with Gasteiger partial charge in [0.2, 0.25) is 5.95 Å². The highest BCUT2D eigenvalue weighted by Crippen LogP contribution is 1.99. The van der Waals surface area contributed by atoms with Crippen molar-refractivity contribution in [2.45, 2.75) is 6.42 Å². The summed E-state index contributed by atoms with van der Waals surface area (Å²) in [5.41, 5.74) is 6.18. The minimum absolute atomic E-state index is 0.159. The van der Waals surface area contributed by atoms with Crippen LogP contribution in [0, 0.1) is 0 Å². The van der Waals surface area contributed by atoms with Gasteiger partial charge in [0.25, 0.3) is 0 Å². The molecule has 0 atom stereocenters. The first-order valence-corrected chi connectivity index (χ1v) is 3.68. The molecular weight excluding hydrogens is 154 g/mol. The zero-order valence-electron chi connectivity index (χ0n) is 6.64. The van der Waals surface area contributed by atoms with Gasteiger partial charge in [-0.3, -0.25) is 0 Å². The number of rotatable bonds is 3. The van der Waals surface area contributed by atoms with Gasteiger partial charge in [0, 0.05) is 24.6 Å². The fourth-order valence-corrected chi connectivity index (χ4v) is 0.728. The van der Waals surface area contributed by atoms with E-state index in [2.05, 4.69) is 9.97 Å². The average molecular weight is 165 g/mol. The van der Waals surface area contributed by atoms with E-state index in [0.717, 1.165) is 5.56 Å². The van der Waals surface area contributed by atoms with Crippen LogP contribution in [0.5, 0.6) is 0 Å². The molecule has 0 aliphatic carbocycles. The number of aliphatic hydroxyl groups is 1. The van der Waals surface area contributed by atoms with Crippen molar-refractivity contribution in [1.82, 2.24) is 9.97 Å². The molecule has 1 rings (SSSR count). The molecule has 0 aliphatic heterocycles. The van der Waals surface area contributed by atoms with Gasteiger partial charge < -0.3 is 10.8 Å². The van der Waals surface area contributed by atoms with Crippen LogP contribution in [0.25, 0.3) is 6.08 Å². The summed E-state index contributed by atoms with van der Waals surface area (Å²) >= 11 is 0. The van der Waals surface area contributed by atoms with Crippen LogP contribution >= 0.6 is 0 Å². The van der Waals surface area contributed by atoms with E-state index in [1.54, 1.807) is 12.4 Å². The number of aliphatic hydroxyl groups excluding tert-OH is 1. The maximum Gasteiger partial charge on any atom is 0.219 e. The molecule has 0 saturated carbocycles. The van der Waals surface area contributed by atoms with E-state index in [9.17, 15) is 0 Å². The third kappa shape index (κ3) is 2.67. The molecule has 4 heteroatoms. The Morgan fingerprint density at radius 2 is 2.08 bits per heavy atom. The van der Waals surface area contributed by atoms with E-state index in [1.807, 2.05) is 12.2 Å². The van der Waals surface area contributed by atoms with Crippen molar-refractivity contribution in [3.63, 3.8) is 0 Å². The third-order valence-corrected chi connectivity index (χ3v) is 1.30. The summed E-state index contributed by atoms with van der Waals surface area (Å²) in [5.74, 6) is 0.273. The highest BCUT2D eigenvalue weighted by Gasteiger charge is 1.87. The molecule has 0 unspecified atom stereocenters. The molecule has 0 spiro atoms. The largest absolute Gasteiger partial charge is 0.396 e. The summed E-state index contributed by atoms with van der Waals surface area (Å²) in [7, 11) is 0. The van der Waals surface area contributed by atoms with Crippen LogP contribution < -0.4 is 5.73 Å². The smallest absolute Gasteiger partial charge is 0.219 e. The summed E-state index contributed by atoms with van der Waals surface area (Å²) in [5, 5.41) is 8.49. The lowest BCUT2D eigenvalue weighted by atomic mass is 10.3. The molecule has 0 fully saturated rings. The van der Waals surface area contributed by atoms with Gasteiger partial charge in [0.05, 0.1) is 0 Å². The number of nitrogen functional groups attached to an aromatic ring is 1. The molecule has 0 aliphatic rings. The molecule has 0 radical (unpaired) electrons. The van der Waals surface area contributed by atoms with Gasteiger partial charge in [-0.1, -0.05) is 12.2 Å². The predicted octanol–water partition coefficient (Wildman–Crippen LogP) is 0.454. The molecule has 64 valence electrons. The predicted molar refractivity (Wildman–Crippen MR) is 47.2 cm³/mol. The van der Waals surface area contributed by atoms with Crippen LogP contribution in [0.2, 0.25) is 0 Å². The van der Waals surface area contributed by atoms with Crippen LogP contribution in [-0.2, 0) is 0 Å². The summed E-state index contributed by atoms with van der Waals surface area (Å²) < 4.78 is 0. The number of nitrogens with two attached hydrogens (primary N) is 1. The molecule has 0 amide bonds. The molecule has 0 saturated heterocycles. The molecular formula is C8H11N3O. The topological polar surface area (TPSA) is 72.0 Å². The summed E-state index contributed by atoms with van der Waals surface area (Å²) in [6.07, 6.45) is 7.61. The van der Waals surface area contributed by atoms with Gasteiger partial charge in [-0.25, -0.2) is 9.97 Å². The second kappa shape index (κ2) is 4.46. The highest BCUT2D eigenvalue weighted by molar-refractivity contribution is 5.46. The van der Waals surface area contributed by atoms with E-state index in [4.69, 9.17) is 10.8 Å². The van der Waals surface area contributed by atoms with Crippen molar-refractivity contribution >= 4 is 12.0 Å². The molecule has 0 aromatic carbocycles. The summed E-state index contributed by atoms with van der Waals surface area (Å²) in [4.78, 5) is 7.62. The third-order valence-electron chi connectivity index (χ3n) is 1.30. The monoisotopic (exact) mass is 165 g/mol. The van der Waals surface area contributed by atoms with Crippen molar-refractivity contribution in [2.24, 2.45) is 0 Å². The first-order valence-electron chi connectivity index (χ1n) is 3.68. The fraction of sp³-hybridized carbons (Fsp3) is 0.250. The SMILES string of the molecule is Nc1ncc(C=CCCO)cn1. The number of anilines is 1. The Morgan fingerprint density at radius 3 is 2.67 bits per heavy atom. The molecule has 0 bridgehead atoms. The minimum Gasteiger partial charge on any atom is -0.396 e. The van der Waals surface area contributed by atoms with E-state index in [1.165, 1.54) is 0 Å². The van der Waals surface area contributed by atoms with Gasteiger partial charge in [0.15, 0.2) is 0 Å². The van der Waals surface area contributed by atoms with Crippen molar-refractivity contribution in [3.8, 4) is 0 Å². The molecule has 1 aromatic rings. The quantitative estimate of drug-likeness (QED) is 0.682. The Morgan fingerprint density at radius 1 is 1.42 bits per heavy atom. The van der Waals surface area contributed by atoms with E-state index in [0.29, 0.717) is 6.42 Å². The van der Waals surface area contributed by atoms with E-state index in [-0.39, 0.29) is 12.6 Å². The Kier molecular flexibility index (Phi) is 3.22. The Balaban J connectivity index is 2.58. The standard InChI is InChI=1S/C8H11N3O/c9-8-10-5-7(6-11-8)3-1-2-4-12/h1,3,5-6,12H,2,4H2,(H2,9,10,11). The molecule has 1 aromatic heterocycles. The van der Waals surface area contributed by atoms with Gasteiger partial charge in [-0.2, -0.15) is 0 Å². The maximum atomic E-state index is 8.49. The Bertz CT molecular complexity index is 256. The number of nitrogens with zero attached hydrogens (tertiary/aromatic N) is 2. The van der Waals surface area contributed by atoms with Crippen LogP contribution in [0.1, 0.15) is 12.0 Å². The molecule has 4 nitrogen and oxygen atoms in total. The normalized spacial score (nSPS) is 10.8. The van der Waals surface area contributed by atoms with Crippen LogP contribution in [0.15, 0.2) is 18.5 Å². The maximum absolute atomic E-state index is 8.49. The first-order chi connectivity index (χ1) is 5.83. The molecule has 12 heavy (non-hydrogen) atoms.